The van der Waals surface area contributed by atoms with E-state index in [4.69, 9.17) is 9.47 Å². The third-order valence-electron chi connectivity index (χ3n) is 2.71. The molecule has 0 saturated heterocycles. The summed E-state index contributed by atoms with van der Waals surface area (Å²) in [4.78, 5) is 4.36. The Morgan fingerprint density at radius 3 is 2.88 bits per heavy atom. The average Bonchev–Trinajstić information content (AvgIpc) is 3.18. The fourth-order valence-corrected chi connectivity index (χ4v) is 1.53. The monoisotopic (exact) mass is 236 g/mol. The molecular weight excluding hydrogens is 216 g/mol. The molecule has 0 spiro atoms. The van der Waals surface area contributed by atoms with Gasteiger partial charge in [-0.1, -0.05) is 0 Å². The fourth-order valence-electron chi connectivity index (χ4n) is 1.53. The quantitative estimate of drug-likeness (QED) is 0.698. The maximum absolute atomic E-state index is 5.54. The van der Waals surface area contributed by atoms with E-state index in [1.54, 1.807) is 13.3 Å². The number of nitrogens with one attached hydrogen (secondary N) is 1. The number of ether oxygens (including phenoxy) is 2. The van der Waals surface area contributed by atoms with Crippen LogP contribution >= 0.6 is 0 Å². The van der Waals surface area contributed by atoms with Gasteiger partial charge < -0.3 is 14.8 Å². The summed E-state index contributed by atoms with van der Waals surface area (Å²) in [6, 6.07) is 4.71. The SMILES string of the molecule is COCCCOc1ccc(CNC2CC2)nc1. The smallest absolute Gasteiger partial charge is 0.137 e. The molecule has 4 nitrogen and oxygen atoms in total. The van der Waals surface area contributed by atoms with E-state index in [1.165, 1.54) is 12.8 Å². The normalized spacial score (nSPS) is 14.9. The molecule has 1 N–H and O–H groups in total. The van der Waals surface area contributed by atoms with Crippen LogP contribution in [0.15, 0.2) is 18.3 Å². The summed E-state index contributed by atoms with van der Waals surface area (Å²) >= 11 is 0. The zero-order chi connectivity index (χ0) is 11.9. The number of methoxy groups -OCH3 is 1. The van der Waals surface area contributed by atoms with E-state index in [1.807, 2.05) is 12.1 Å². The average molecular weight is 236 g/mol. The highest BCUT2D eigenvalue weighted by Gasteiger charge is 2.19. The molecule has 1 fully saturated rings. The summed E-state index contributed by atoms with van der Waals surface area (Å²) in [6.07, 6.45) is 5.31. The highest BCUT2D eigenvalue weighted by atomic mass is 16.5. The van der Waals surface area contributed by atoms with Crippen molar-refractivity contribution in [1.82, 2.24) is 10.3 Å². The molecule has 1 aliphatic carbocycles. The predicted octanol–water partition coefficient (Wildman–Crippen LogP) is 1.75. The molecule has 2 rings (SSSR count). The van der Waals surface area contributed by atoms with Crippen molar-refractivity contribution in [3.8, 4) is 5.75 Å². The predicted molar refractivity (Wildman–Crippen MR) is 66.1 cm³/mol. The van der Waals surface area contributed by atoms with Gasteiger partial charge >= 0.3 is 0 Å². The van der Waals surface area contributed by atoms with E-state index in [-0.39, 0.29) is 0 Å². The molecule has 0 bridgehead atoms. The van der Waals surface area contributed by atoms with E-state index in [2.05, 4.69) is 10.3 Å². The number of nitrogens with zero attached hydrogens (tertiary/aromatic N) is 1. The summed E-state index contributed by atoms with van der Waals surface area (Å²) < 4.78 is 10.5. The highest BCUT2D eigenvalue weighted by Crippen LogP contribution is 2.19. The third-order valence-corrected chi connectivity index (χ3v) is 2.71. The van der Waals surface area contributed by atoms with Gasteiger partial charge in [-0.25, -0.2) is 0 Å². The van der Waals surface area contributed by atoms with Gasteiger partial charge in [0.15, 0.2) is 0 Å². The Hall–Kier alpha value is -1.13. The van der Waals surface area contributed by atoms with Crippen LogP contribution in [0.4, 0.5) is 0 Å². The molecule has 1 aromatic heterocycles. The van der Waals surface area contributed by atoms with Crippen molar-refractivity contribution in [3.05, 3.63) is 24.0 Å². The van der Waals surface area contributed by atoms with Crippen LogP contribution < -0.4 is 10.1 Å². The Kier molecular flexibility index (Phi) is 4.76. The Morgan fingerprint density at radius 1 is 1.35 bits per heavy atom. The lowest BCUT2D eigenvalue weighted by Crippen LogP contribution is -2.16. The number of aromatic nitrogens is 1. The second-order valence-electron chi connectivity index (χ2n) is 4.34. The van der Waals surface area contributed by atoms with Gasteiger partial charge in [0.2, 0.25) is 0 Å². The van der Waals surface area contributed by atoms with Crippen LogP contribution in [-0.2, 0) is 11.3 Å². The molecule has 0 radical (unpaired) electrons. The molecule has 1 aromatic rings. The van der Waals surface area contributed by atoms with Crippen molar-refractivity contribution < 1.29 is 9.47 Å². The van der Waals surface area contributed by atoms with Crippen LogP contribution in [0.1, 0.15) is 25.0 Å². The number of pyridine rings is 1. The first-order chi connectivity index (χ1) is 8.38. The summed E-state index contributed by atoms with van der Waals surface area (Å²) in [5.74, 6) is 0.830. The van der Waals surface area contributed by atoms with Crippen LogP contribution in [0.25, 0.3) is 0 Å². The summed E-state index contributed by atoms with van der Waals surface area (Å²) in [5, 5.41) is 3.43. The van der Waals surface area contributed by atoms with Crippen molar-refractivity contribution in [2.24, 2.45) is 0 Å². The Bertz CT molecular complexity index is 323. The minimum Gasteiger partial charge on any atom is -0.492 e. The van der Waals surface area contributed by atoms with Gasteiger partial charge in [0.1, 0.15) is 5.75 Å². The maximum atomic E-state index is 5.54. The van der Waals surface area contributed by atoms with Gasteiger partial charge in [0.05, 0.1) is 18.5 Å². The van der Waals surface area contributed by atoms with Gasteiger partial charge in [0, 0.05) is 32.7 Å². The highest BCUT2D eigenvalue weighted by molar-refractivity contribution is 5.19. The molecule has 0 aromatic carbocycles. The van der Waals surface area contributed by atoms with E-state index < -0.39 is 0 Å². The standard InChI is InChI=1S/C13H20N2O2/c1-16-7-2-8-17-13-6-5-12(15-10-13)9-14-11-3-4-11/h5-6,10-11,14H,2-4,7-9H2,1H3. The van der Waals surface area contributed by atoms with Crippen LogP contribution in [0.5, 0.6) is 5.75 Å². The molecule has 1 saturated carbocycles. The topological polar surface area (TPSA) is 43.4 Å². The number of hydrogen-bond acceptors (Lipinski definition) is 4. The zero-order valence-corrected chi connectivity index (χ0v) is 10.3. The zero-order valence-electron chi connectivity index (χ0n) is 10.3. The minimum atomic E-state index is 0.676. The summed E-state index contributed by atoms with van der Waals surface area (Å²) in [5.41, 5.74) is 1.07. The van der Waals surface area contributed by atoms with Gasteiger partial charge in [-0.2, -0.15) is 0 Å². The Labute approximate surface area is 102 Å². The van der Waals surface area contributed by atoms with Crippen LogP contribution in [-0.4, -0.2) is 31.3 Å². The third kappa shape index (κ3) is 4.71. The molecule has 17 heavy (non-hydrogen) atoms. The summed E-state index contributed by atoms with van der Waals surface area (Å²) in [7, 11) is 1.70. The maximum Gasteiger partial charge on any atom is 0.137 e. The van der Waals surface area contributed by atoms with Crippen molar-refractivity contribution in [1.29, 1.82) is 0 Å². The van der Waals surface area contributed by atoms with Gasteiger partial charge in [-0.05, 0) is 25.0 Å². The molecule has 0 atom stereocenters. The first-order valence-corrected chi connectivity index (χ1v) is 6.18. The van der Waals surface area contributed by atoms with Crippen molar-refractivity contribution in [3.63, 3.8) is 0 Å². The molecule has 1 aliphatic rings. The number of rotatable bonds is 8. The first-order valence-electron chi connectivity index (χ1n) is 6.18. The Morgan fingerprint density at radius 2 is 2.24 bits per heavy atom. The summed E-state index contributed by atoms with van der Waals surface area (Å²) in [6.45, 7) is 2.26. The van der Waals surface area contributed by atoms with Gasteiger partial charge in [0.25, 0.3) is 0 Å². The minimum absolute atomic E-state index is 0.676. The van der Waals surface area contributed by atoms with Gasteiger partial charge in [-0.3, -0.25) is 4.98 Å². The van der Waals surface area contributed by atoms with Crippen molar-refractivity contribution in [2.45, 2.75) is 31.8 Å². The lowest BCUT2D eigenvalue weighted by Gasteiger charge is -2.06. The molecule has 0 unspecified atom stereocenters. The van der Waals surface area contributed by atoms with E-state index in [9.17, 15) is 0 Å². The molecular formula is C13H20N2O2. The largest absolute Gasteiger partial charge is 0.492 e. The lowest BCUT2D eigenvalue weighted by atomic mass is 10.3. The molecule has 0 amide bonds. The lowest BCUT2D eigenvalue weighted by molar-refractivity contribution is 0.172. The van der Waals surface area contributed by atoms with E-state index in [0.29, 0.717) is 6.61 Å². The van der Waals surface area contributed by atoms with Crippen molar-refractivity contribution >= 4 is 0 Å². The number of hydrogen-bond donors (Lipinski definition) is 1. The second kappa shape index (κ2) is 6.57. The van der Waals surface area contributed by atoms with E-state index >= 15 is 0 Å². The molecule has 0 aliphatic heterocycles. The van der Waals surface area contributed by atoms with Gasteiger partial charge in [-0.15, -0.1) is 0 Å². The fraction of sp³-hybridized carbons (Fsp3) is 0.615. The first kappa shape index (κ1) is 12.3. The molecule has 4 heteroatoms. The molecule has 94 valence electrons. The second-order valence-corrected chi connectivity index (χ2v) is 4.34. The van der Waals surface area contributed by atoms with Crippen LogP contribution in [0.2, 0.25) is 0 Å². The van der Waals surface area contributed by atoms with E-state index in [0.717, 1.165) is 37.1 Å². The van der Waals surface area contributed by atoms with Crippen LogP contribution in [0.3, 0.4) is 0 Å². The molecule has 1 heterocycles. The Balaban J connectivity index is 1.68. The van der Waals surface area contributed by atoms with Crippen LogP contribution in [0, 0.1) is 0 Å². The van der Waals surface area contributed by atoms with Crippen molar-refractivity contribution in [2.75, 3.05) is 20.3 Å².